The van der Waals surface area contributed by atoms with Crippen LogP contribution in [0.1, 0.15) is 24.5 Å². The molecule has 0 aromatic heterocycles. The minimum Gasteiger partial charge on any atom is -0.495 e. The predicted octanol–water partition coefficient (Wildman–Crippen LogP) is 3.44. The highest BCUT2D eigenvalue weighted by atomic mass is 16.6. The highest BCUT2D eigenvalue weighted by Gasteiger charge is 2.40. The van der Waals surface area contributed by atoms with Gasteiger partial charge in [0.25, 0.3) is 0 Å². The molecule has 148 valence electrons. The van der Waals surface area contributed by atoms with E-state index in [1.807, 2.05) is 49.4 Å². The van der Waals surface area contributed by atoms with Crippen molar-refractivity contribution >= 4 is 17.7 Å². The van der Waals surface area contributed by atoms with Gasteiger partial charge < -0.3 is 15.2 Å². The summed E-state index contributed by atoms with van der Waals surface area (Å²) < 4.78 is 10.4. The minimum atomic E-state index is -0.557. The van der Waals surface area contributed by atoms with Crippen molar-refractivity contribution in [2.24, 2.45) is 5.92 Å². The van der Waals surface area contributed by atoms with Crippen LogP contribution in [0.15, 0.2) is 48.5 Å². The van der Waals surface area contributed by atoms with Gasteiger partial charge in [-0.15, -0.1) is 0 Å². The van der Waals surface area contributed by atoms with Crippen LogP contribution in [0.3, 0.4) is 0 Å². The van der Waals surface area contributed by atoms with Crippen molar-refractivity contribution in [3.05, 3.63) is 59.7 Å². The van der Waals surface area contributed by atoms with Gasteiger partial charge in [-0.2, -0.15) is 0 Å². The average Bonchev–Trinajstić information content (AvgIpc) is 3.06. The van der Waals surface area contributed by atoms with E-state index in [4.69, 9.17) is 15.2 Å². The van der Waals surface area contributed by atoms with Crippen LogP contribution in [-0.4, -0.2) is 36.7 Å². The third-order valence-electron chi connectivity index (χ3n) is 5.13. The summed E-state index contributed by atoms with van der Waals surface area (Å²) in [6.07, 6.45) is 1.15. The summed E-state index contributed by atoms with van der Waals surface area (Å²) in [6.45, 7) is 2.18. The first-order chi connectivity index (χ1) is 13.5. The molecular formula is C22H26N2O4. The number of amides is 2. The number of cyclic esters (lactones) is 1. The van der Waals surface area contributed by atoms with Gasteiger partial charge in [0, 0.05) is 5.92 Å². The van der Waals surface area contributed by atoms with Crippen LogP contribution in [0.5, 0.6) is 5.75 Å². The molecule has 1 saturated heterocycles. The van der Waals surface area contributed by atoms with Crippen LogP contribution >= 0.6 is 0 Å². The Balaban J connectivity index is 1.74. The summed E-state index contributed by atoms with van der Waals surface area (Å²) in [4.78, 5) is 26.7. The van der Waals surface area contributed by atoms with E-state index < -0.39 is 6.09 Å². The van der Waals surface area contributed by atoms with Crippen LogP contribution < -0.4 is 10.5 Å². The standard InChI is InChI=1S/C22H26N2O4/c1-3-17(11-16-9-10-20(27-2)19(23)13-16)21(25)24-18(14-28-22(24)26)12-15-7-5-4-6-8-15/h4-10,13,17-18H,3,11-12,14,23H2,1-2H3/t17-,18+/m0/s1. The molecule has 2 atom stereocenters. The number of imide groups is 1. The van der Waals surface area contributed by atoms with Crippen molar-refractivity contribution in [2.75, 3.05) is 19.5 Å². The Morgan fingerprint density at radius 3 is 2.64 bits per heavy atom. The van der Waals surface area contributed by atoms with Gasteiger partial charge in [0.1, 0.15) is 12.4 Å². The van der Waals surface area contributed by atoms with E-state index >= 15 is 0 Å². The second kappa shape index (κ2) is 8.78. The quantitative estimate of drug-likeness (QED) is 0.742. The van der Waals surface area contributed by atoms with Crippen molar-refractivity contribution in [3.8, 4) is 5.75 Å². The Hall–Kier alpha value is -3.02. The van der Waals surface area contributed by atoms with Gasteiger partial charge in [-0.05, 0) is 42.5 Å². The Bertz CT molecular complexity index is 838. The molecule has 2 aromatic carbocycles. The zero-order chi connectivity index (χ0) is 20.1. The number of hydrogen-bond acceptors (Lipinski definition) is 5. The second-order valence-electron chi connectivity index (χ2n) is 7.01. The third kappa shape index (κ3) is 4.27. The van der Waals surface area contributed by atoms with Crippen LogP contribution in [0.2, 0.25) is 0 Å². The number of hydrogen-bond donors (Lipinski definition) is 1. The molecule has 1 fully saturated rings. The van der Waals surface area contributed by atoms with E-state index in [1.165, 1.54) is 4.90 Å². The molecule has 3 rings (SSSR count). The highest BCUT2D eigenvalue weighted by Crippen LogP contribution is 2.26. The number of carbonyl (C=O) groups is 2. The van der Waals surface area contributed by atoms with E-state index in [-0.39, 0.29) is 24.5 Å². The molecule has 0 unspecified atom stereocenters. The SMILES string of the molecule is CC[C@@H](Cc1ccc(OC)c(N)c1)C(=O)N1C(=O)OC[C@H]1Cc1ccccc1. The molecule has 0 saturated carbocycles. The lowest BCUT2D eigenvalue weighted by Gasteiger charge is -2.24. The van der Waals surface area contributed by atoms with Gasteiger partial charge in [-0.1, -0.05) is 43.3 Å². The van der Waals surface area contributed by atoms with Gasteiger partial charge >= 0.3 is 6.09 Å². The molecule has 28 heavy (non-hydrogen) atoms. The van der Waals surface area contributed by atoms with Gasteiger partial charge in [0.05, 0.1) is 18.8 Å². The second-order valence-corrected chi connectivity index (χ2v) is 7.01. The molecule has 6 nitrogen and oxygen atoms in total. The van der Waals surface area contributed by atoms with Crippen molar-refractivity contribution in [3.63, 3.8) is 0 Å². The van der Waals surface area contributed by atoms with Crippen molar-refractivity contribution in [1.82, 2.24) is 4.90 Å². The topological polar surface area (TPSA) is 81.9 Å². The van der Waals surface area contributed by atoms with Gasteiger partial charge in [0.15, 0.2) is 0 Å². The lowest BCUT2D eigenvalue weighted by atomic mass is 9.94. The molecule has 2 N–H and O–H groups in total. The van der Waals surface area contributed by atoms with E-state index in [9.17, 15) is 9.59 Å². The number of nitrogen functional groups attached to an aromatic ring is 1. The molecule has 6 heteroatoms. The first-order valence-electron chi connectivity index (χ1n) is 9.49. The number of nitrogens with two attached hydrogens (primary N) is 1. The largest absolute Gasteiger partial charge is 0.495 e. The van der Waals surface area contributed by atoms with E-state index in [2.05, 4.69) is 0 Å². The smallest absolute Gasteiger partial charge is 0.416 e. The number of ether oxygens (including phenoxy) is 2. The lowest BCUT2D eigenvalue weighted by Crippen LogP contribution is -2.44. The van der Waals surface area contributed by atoms with Gasteiger partial charge in [0.2, 0.25) is 5.91 Å². The summed E-state index contributed by atoms with van der Waals surface area (Å²) >= 11 is 0. The summed E-state index contributed by atoms with van der Waals surface area (Å²) in [5, 5.41) is 0. The number of nitrogens with zero attached hydrogens (tertiary/aromatic N) is 1. The van der Waals surface area contributed by atoms with E-state index in [1.54, 1.807) is 13.2 Å². The maximum atomic E-state index is 13.2. The molecule has 0 spiro atoms. The Morgan fingerprint density at radius 1 is 1.25 bits per heavy atom. The van der Waals surface area contributed by atoms with Crippen LogP contribution in [0, 0.1) is 5.92 Å². The number of anilines is 1. The van der Waals surface area contributed by atoms with Crippen LogP contribution in [0.4, 0.5) is 10.5 Å². The minimum absolute atomic E-state index is 0.194. The van der Waals surface area contributed by atoms with Crippen LogP contribution in [0.25, 0.3) is 0 Å². The summed E-state index contributed by atoms with van der Waals surface area (Å²) in [5.74, 6) is 0.0891. The zero-order valence-electron chi connectivity index (χ0n) is 16.3. The van der Waals surface area contributed by atoms with Crippen molar-refractivity contribution in [2.45, 2.75) is 32.2 Å². The fourth-order valence-corrected chi connectivity index (χ4v) is 3.57. The van der Waals surface area contributed by atoms with E-state index in [0.29, 0.717) is 30.7 Å². The monoisotopic (exact) mass is 382 g/mol. The molecule has 0 radical (unpaired) electrons. The Labute approximate surface area is 165 Å². The summed E-state index contributed by atoms with van der Waals surface area (Å²) in [5.41, 5.74) is 8.52. The average molecular weight is 382 g/mol. The molecule has 1 aliphatic heterocycles. The summed E-state index contributed by atoms with van der Waals surface area (Å²) in [7, 11) is 1.57. The van der Waals surface area contributed by atoms with E-state index in [0.717, 1.165) is 11.1 Å². The zero-order valence-corrected chi connectivity index (χ0v) is 16.3. The number of benzene rings is 2. The fraction of sp³-hybridized carbons (Fsp3) is 0.364. The Morgan fingerprint density at radius 2 is 2.00 bits per heavy atom. The van der Waals surface area contributed by atoms with Crippen molar-refractivity contribution < 1.29 is 19.1 Å². The molecule has 1 aliphatic rings. The summed E-state index contributed by atoms with van der Waals surface area (Å²) in [6, 6.07) is 15.0. The first kappa shape index (κ1) is 19.7. The molecule has 2 aromatic rings. The molecule has 0 bridgehead atoms. The normalized spacial score (nSPS) is 17.3. The molecule has 0 aliphatic carbocycles. The van der Waals surface area contributed by atoms with Crippen LogP contribution in [-0.2, 0) is 22.4 Å². The molecule has 1 heterocycles. The molecular weight excluding hydrogens is 356 g/mol. The van der Waals surface area contributed by atoms with Gasteiger partial charge in [-0.25, -0.2) is 9.69 Å². The van der Waals surface area contributed by atoms with Gasteiger partial charge in [-0.3, -0.25) is 4.79 Å². The molecule has 2 amide bonds. The predicted molar refractivity (Wildman–Crippen MR) is 107 cm³/mol. The number of methoxy groups -OCH3 is 1. The third-order valence-corrected chi connectivity index (χ3v) is 5.13. The number of carbonyl (C=O) groups excluding carboxylic acids is 2. The lowest BCUT2D eigenvalue weighted by molar-refractivity contribution is -0.133. The Kier molecular flexibility index (Phi) is 6.19. The maximum absolute atomic E-state index is 13.2. The van der Waals surface area contributed by atoms with Crippen molar-refractivity contribution in [1.29, 1.82) is 0 Å². The first-order valence-corrected chi connectivity index (χ1v) is 9.49. The fourth-order valence-electron chi connectivity index (χ4n) is 3.57. The highest BCUT2D eigenvalue weighted by molar-refractivity contribution is 5.95. The maximum Gasteiger partial charge on any atom is 0.416 e. The number of rotatable bonds is 7.